The van der Waals surface area contributed by atoms with E-state index >= 15 is 0 Å². The summed E-state index contributed by atoms with van der Waals surface area (Å²) in [7, 11) is 0. The first kappa shape index (κ1) is 13.4. The van der Waals surface area contributed by atoms with Gasteiger partial charge in [0, 0.05) is 11.9 Å². The second-order valence-electron chi connectivity index (χ2n) is 3.27. The van der Waals surface area contributed by atoms with Crippen molar-refractivity contribution < 1.29 is 4.79 Å². The van der Waals surface area contributed by atoms with Crippen LogP contribution in [0.4, 0.5) is 10.5 Å². The normalized spacial score (nSPS) is 11.0. The lowest BCUT2D eigenvalue weighted by Crippen LogP contribution is -2.27. The summed E-state index contributed by atoms with van der Waals surface area (Å²) in [5, 5.41) is 5.34. The van der Waals surface area contributed by atoms with E-state index in [1.54, 1.807) is 54.9 Å². The smallest absolute Gasteiger partial charge is 0.308 e. The van der Waals surface area contributed by atoms with E-state index < -0.39 is 0 Å². The maximum Gasteiger partial charge on any atom is 0.323 e. The number of hydrogen-bond donors (Lipinski definition) is 2. The number of urea groups is 1. The molecule has 1 heterocycles. The maximum absolute atomic E-state index is 11.7. The summed E-state index contributed by atoms with van der Waals surface area (Å²) in [4.78, 5) is 15.6. The quantitative estimate of drug-likeness (QED) is 0.778. The number of carbonyl (C=O) groups is 1. The molecule has 92 valence electrons. The maximum atomic E-state index is 11.7. The van der Waals surface area contributed by atoms with Crippen LogP contribution >= 0.6 is 0 Å². The van der Waals surface area contributed by atoms with Crippen LogP contribution in [0.2, 0.25) is 0 Å². The summed E-state index contributed by atoms with van der Waals surface area (Å²) >= 11 is 0. The van der Waals surface area contributed by atoms with Crippen molar-refractivity contribution in [1.29, 1.82) is 0 Å². The van der Waals surface area contributed by atoms with Crippen molar-refractivity contribution >= 4 is 11.7 Å². The van der Waals surface area contributed by atoms with E-state index in [0.717, 1.165) is 0 Å². The lowest BCUT2D eigenvalue weighted by molar-refractivity contribution is 0.254. The van der Waals surface area contributed by atoms with E-state index in [4.69, 9.17) is 0 Å². The Morgan fingerprint density at radius 2 is 2.17 bits per heavy atom. The molecule has 1 rings (SSSR count). The predicted molar refractivity (Wildman–Crippen MR) is 74.0 cm³/mol. The SMILES string of the molecule is C=C/C=C\C(=C/C=C)NC(=O)Nc1cccnc1. The van der Waals surface area contributed by atoms with Crippen LogP contribution in [-0.2, 0) is 0 Å². The van der Waals surface area contributed by atoms with Crippen LogP contribution in [0.5, 0.6) is 0 Å². The van der Waals surface area contributed by atoms with Gasteiger partial charge >= 0.3 is 6.03 Å². The Morgan fingerprint density at radius 3 is 2.78 bits per heavy atom. The summed E-state index contributed by atoms with van der Waals surface area (Å²) in [5.41, 5.74) is 1.24. The monoisotopic (exact) mass is 241 g/mol. The van der Waals surface area contributed by atoms with Gasteiger partial charge in [-0.2, -0.15) is 0 Å². The number of carbonyl (C=O) groups excluding carboxylic acids is 1. The Kier molecular flexibility index (Phi) is 5.69. The Bertz CT molecular complexity index is 475. The van der Waals surface area contributed by atoms with Crippen molar-refractivity contribution in [3.63, 3.8) is 0 Å². The number of pyridine rings is 1. The third kappa shape index (κ3) is 4.94. The molecule has 0 aliphatic carbocycles. The highest BCUT2D eigenvalue weighted by Gasteiger charge is 2.01. The Balaban J connectivity index is 2.62. The Morgan fingerprint density at radius 1 is 1.33 bits per heavy atom. The zero-order chi connectivity index (χ0) is 13.2. The first-order valence-corrected chi connectivity index (χ1v) is 5.36. The average molecular weight is 241 g/mol. The number of nitrogens with zero attached hydrogens (tertiary/aromatic N) is 1. The standard InChI is InChI=1S/C14H15N3O/c1-3-5-8-12(7-4-2)16-14(18)17-13-9-6-10-15-11-13/h3-11H,1-2H2,(H2,16,17,18)/b8-5-,12-7+. The zero-order valence-electron chi connectivity index (χ0n) is 9.97. The minimum Gasteiger partial charge on any atom is -0.308 e. The second kappa shape index (κ2) is 7.62. The number of aromatic nitrogens is 1. The molecule has 0 aromatic carbocycles. The molecule has 2 amide bonds. The summed E-state index contributed by atoms with van der Waals surface area (Å²) in [6.45, 7) is 7.15. The van der Waals surface area contributed by atoms with Crippen LogP contribution in [0.3, 0.4) is 0 Å². The molecule has 4 nitrogen and oxygen atoms in total. The number of amides is 2. The van der Waals surface area contributed by atoms with Crippen molar-refractivity contribution in [2.75, 3.05) is 5.32 Å². The molecule has 2 N–H and O–H groups in total. The van der Waals surface area contributed by atoms with Gasteiger partial charge in [-0.1, -0.05) is 31.4 Å². The first-order chi connectivity index (χ1) is 8.76. The molecular formula is C14H15N3O. The highest BCUT2D eigenvalue weighted by molar-refractivity contribution is 5.90. The molecular weight excluding hydrogens is 226 g/mol. The van der Waals surface area contributed by atoms with E-state index in [9.17, 15) is 4.79 Å². The van der Waals surface area contributed by atoms with Crippen molar-refractivity contribution in [1.82, 2.24) is 10.3 Å². The van der Waals surface area contributed by atoms with Crippen molar-refractivity contribution in [3.05, 3.63) is 73.8 Å². The highest BCUT2D eigenvalue weighted by atomic mass is 16.2. The molecule has 1 aromatic rings. The summed E-state index contributed by atoms with van der Waals surface area (Å²) in [5.74, 6) is 0. The molecule has 0 radical (unpaired) electrons. The van der Waals surface area contributed by atoms with Crippen molar-refractivity contribution in [2.24, 2.45) is 0 Å². The van der Waals surface area contributed by atoms with Gasteiger partial charge in [0.2, 0.25) is 0 Å². The second-order valence-corrected chi connectivity index (χ2v) is 3.27. The number of hydrogen-bond acceptors (Lipinski definition) is 2. The fourth-order valence-electron chi connectivity index (χ4n) is 1.17. The fourth-order valence-corrected chi connectivity index (χ4v) is 1.17. The molecule has 0 fully saturated rings. The van der Waals surface area contributed by atoms with Gasteiger partial charge in [0.05, 0.1) is 11.9 Å². The van der Waals surface area contributed by atoms with Crippen LogP contribution in [0, 0.1) is 0 Å². The molecule has 0 bridgehead atoms. The minimum absolute atomic E-state index is 0.343. The van der Waals surface area contributed by atoms with E-state index in [-0.39, 0.29) is 6.03 Å². The summed E-state index contributed by atoms with van der Waals surface area (Å²) < 4.78 is 0. The lowest BCUT2D eigenvalue weighted by Gasteiger charge is -2.07. The van der Waals surface area contributed by atoms with Gasteiger partial charge in [0.25, 0.3) is 0 Å². The molecule has 1 aromatic heterocycles. The van der Waals surface area contributed by atoms with Crippen LogP contribution in [0.1, 0.15) is 0 Å². The number of anilines is 1. The van der Waals surface area contributed by atoms with Crippen LogP contribution in [0.25, 0.3) is 0 Å². The highest BCUT2D eigenvalue weighted by Crippen LogP contribution is 2.02. The Labute approximate surface area is 106 Å². The minimum atomic E-state index is -0.343. The van der Waals surface area contributed by atoms with E-state index in [0.29, 0.717) is 11.4 Å². The van der Waals surface area contributed by atoms with Crippen molar-refractivity contribution in [2.45, 2.75) is 0 Å². The Hall–Kier alpha value is -2.62. The molecule has 0 spiro atoms. The molecule has 0 aliphatic rings. The molecule has 0 saturated carbocycles. The van der Waals surface area contributed by atoms with Crippen LogP contribution in [0.15, 0.2) is 73.8 Å². The third-order valence-electron chi connectivity index (χ3n) is 1.89. The van der Waals surface area contributed by atoms with Crippen LogP contribution < -0.4 is 10.6 Å². The van der Waals surface area contributed by atoms with Gasteiger partial charge < -0.3 is 10.6 Å². The third-order valence-corrected chi connectivity index (χ3v) is 1.89. The number of nitrogens with one attached hydrogen (secondary N) is 2. The van der Waals surface area contributed by atoms with Crippen molar-refractivity contribution in [3.8, 4) is 0 Å². The number of allylic oxidation sites excluding steroid dienone is 5. The predicted octanol–water partition coefficient (Wildman–Crippen LogP) is 3.02. The molecule has 4 heteroatoms. The molecule has 0 aliphatic heterocycles. The van der Waals surface area contributed by atoms with Gasteiger partial charge in [-0.3, -0.25) is 4.98 Å². The van der Waals surface area contributed by atoms with Gasteiger partial charge in [0.15, 0.2) is 0 Å². The summed E-state index contributed by atoms with van der Waals surface area (Å²) in [6, 6.07) is 3.15. The zero-order valence-corrected chi connectivity index (χ0v) is 9.97. The van der Waals surface area contributed by atoms with Gasteiger partial charge in [-0.15, -0.1) is 0 Å². The fraction of sp³-hybridized carbons (Fsp3) is 0. The lowest BCUT2D eigenvalue weighted by atomic mass is 10.3. The largest absolute Gasteiger partial charge is 0.323 e. The molecule has 0 saturated heterocycles. The van der Waals surface area contributed by atoms with Gasteiger partial charge in [0.1, 0.15) is 0 Å². The molecule has 0 unspecified atom stereocenters. The van der Waals surface area contributed by atoms with E-state index in [1.165, 1.54) is 0 Å². The van der Waals surface area contributed by atoms with Gasteiger partial charge in [-0.25, -0.2) is 4.79 Å². The molecule has 18 heavy (non-hydrogen) atoms. The van der Waals surface area contributed by atoms with E-state index in [1.807, 2.05) is 0 Å². The van der Waals surface area contributed by atoms with Gasteiger partial charge in [-0.05, 0) is 24.3 Å². The summed E-state index contributed by atoms with van der Waals surface area (Å²) in [6.07, 6.45) is 11.5. The van der Waals surface area contributed by atoms with E-state index in [2.05, 4.69) is 28.8 Å². The first-order valence-electron chi connectivity index (χ1n) is 5.36. The number of rotatable bonds is 5. The van der Waals surface area contributed by atoms with Crippen LogP contribution in [-0.4, -0.2) is 11.0 Å². The topological polar surface area (TPSA) is 54.0 Å². The molecule has 0 atom stereocenters. The average Bonchev–Trinajstić information content (AvgIpc) is 2.37.